The van der Waals surface area contributed by atoms with E-state index in [1.807, 2.05) is 30.3 Å². The molecule has 1 amide bonds. The van der Waals surface area contributed by atoms with Crippen molar-refractivity contribution in [3.63, 3.8) is 0 Å². The zero-order chi connectivity index (χ0) is 12.0. The summed E-state index contributed by atoms with van der Waals surface area (Å²) in [5, 5.41) is 2.92. The lowest BCUT2D eigenvalue weighted by Crippen LogP contribution is -2.26. The van der Waals surface area contributed by atoms with E-state index in [9.17, 15) is 4.79 Å². The van der Waals surface area contributed by atoms with Gasteiger partial charge in [0, 0.05) is 12.1 Å². The maximum Gasteiger partial charge on any atom is 0.219 e. The Morgan fingerprint density at radius 3 is 2.56 bits per heavy atom. The number of carbonyl (C=O) groups is 1. The highest BCUT2D eigenvalue weighted by molar-refractivity contribution is 5.92. The number of hydrogen-bond donors (Lipinski definition) is 3. The van der Waals surface area contributed by atoms with E-state index in [0.717, 1.165) is 5.69 Å². The summed E-state index contributed by atoms with van der Waals surface area (Å²) in [6.07, 6.45) is 0.192. The van der Waals surface area contributed by atoms with Gasteiger partial charge in [-0.2, -0.15) is 0 Å². The molecule has 5 nitrogen and oxygen atoms in total. The molecule has 0 radical (unpaired) electrons. The second kappa shape index (κ2) is 5.75. The second-order valence-corrected chi connectivity index (χ2v) is 3.52. The minimum atomic E-state index is -0.385. The number of nitrogens with one attached hydrogen (secondary N) is 1. The summed E-state index contributed by atoms with van der Waals surface area (Å²) in [6, 6.07) is 9.23. The quantitative estimate of drug-likeness (QED) is 0.514. The van der Waals surface area contributed by atoms with Crippen LogP contribution in [-0.4, -0.2) is 17.9 Å². The average Bonchev–Trinajstić information content (AvgIpc) is 2.17. The Kier molecular flexibility index (Phi) is 4.32. The number of aliphatic imine (C=N–C) groups is 1. The first-order valence-electron chi connectivity index (χ1n) is 5.01. The number of rotatable bonds is 4. The third kappa shape index (κ3) is 4.45. The molecular weight excluding hydrogens is 204 g/mol. The molecule has 0 heterocycles. The van der Waals surface area contributed by atoms with Crippen molar-refractivity contribution < 1.29 is 4.79 Å². The SMILES string of the molecule is CC(CC(N)=O)N=C(N)Nc1ccccc1. The molecule has 1 aromatic carbocycles. The van der Waals surface area contributed by atoms with Gasteiger partial charge in [-0.05, 0) is 19.1 Å². The van der Waals surface area contributed by atoms with Crippen LogP contribution in [0.1, 0.15) is 13.3 Å². The molecule has 1 atom stereocenters. The van der Waals surface area contributed by atoms with Crippen LogP contribution in [0.5, 0.6) is 0 Å². The van der Waals surface area contributed by atoms with Gasteiger partial charge in [-0.3, -0.25) is 4.79 Å². The molecule has 5 N–H and O–H groups in total. The van der Waals surface area contributed by atoms with Gasteiger partial charge in [0.2, 0.25) is 5.91 Å². The van der Waals surface area contributed by atoms with E-state index in [1.54, 1.807) is 6.92 Å². The van der Waals surface area contributed by atoms with Crippen molar-refractivity contribution in [1.82, 2.24) is 0 Å². The summed E-state index contributed by atoms with van der Waals surface area (Å²) in [5.41, 5.74) is 11.6. The van der Waals surface area contributed by atoms with Gasteiger partial charge in [0.25, 0.3) is 0 Å². The van der Waals surface area contributed by atoms with Gasteiger partial charge in [0.05, 0.1) is 6.04 Å². The Morgan fingerprint density at radius 2 is 2.00 bits per heavy atom. The summed E-state index contributed by atoms with van der Waals surface area (Å²) in [7, 11) is 0. The second-order valence-electron chi connectivity index (χ2n) is 3.52. The van der Waals surface area contributed by atoms with E-state index in [4.69, 9.17) is 11.5 Å². The number of para-hydroxylation sites is 1. The van der Waals surface area contributed by atoms with Crippen LogP contribution in [0.15, 0.2) is 35.3 Å². The molecule has 0 saturated heterocycles. The smallest absolute Gasteiger partial charge is 0.219 e. The van der Waals surface area contributed by atoms with Gasteiger partial charge in [0.15, 0.2) is 5.96 Å². The predicted molar refractivity (Wildman–Crippen MR) is 65.0 cm³/mol. The van der Waals surface area contributed by atoms with Crippen LogP contribution in [-0.2, 0) is 4.79 Å². The van der Waals surface area contributed by atoms with Gasteiger partial charge in [-0.25, -0.2) is 4.99 Å². The molecule has 0 aliphatic heterocycles. The Bertz CT molecular complexity index is 375. The number of hydrogen-bond acceptors (Lipinski definition) is 2. The first kappa shape index (κ1) is 12.0. The molecule has 1 unspecified atom stereocenters. The third-order valence-corrected chi connectivity index (χ3v) is 1.90. The van der Waals surface area contributed by atoms with E-state index in [0.29, 0.717) is 0 Å². The third-order valence-electron chi connectivity index (χ3n) is 1.90. The zero-order valence-corrected chi connectivity index (χ0v) is 9.18. The molecular formula is C11H16N4O. The Morgan fingerprint density at radius 1 is 1.38 bits per heavy atom. The maximum atomic E-state index is 10.6. The van der Waals surface area contributed by atoms with Gasteiger partial charge in [0.1, 0.15) is 0 Å². The van der Waals surface area contributed by atoms with E-state index in [1.165, 1.54) is 0 Å². The van der Waals surface area contributed by atoms with Crippen molar-refractivity contribution in [2.75, 3.05) is 5.32 Å². The summed E-state index contributed by atoms with van der Waals surface area (Å²) >= 11 is 0. The lowest BCUT2D eigenvalue weighted by Gasteiger charge is -2.08. The van der Waals surface area contributed by atoms with Crippen molar-refractivity contribution >= 4 is 17.6 Å². The predicted octanol–water partition coefficient (Wildman–Crippen LogP) is 0.677. The van der Waals surface area contributed by atoms with Gasteiger partial charge in [-0.1, -0.05) is 18.2 Å². The standard InChI is InChI=1S/C11H16N4O/c1-8(7-10(12)16)14-11(13)15-9-5-3-2-4-6-9/h2-6,8H,7H2,1H3,(H2,12,16)(H3,13,14,15). The zero-order valence-electron chi connectivity index (χ0n) is 9.18. The molecule has 0 spiro atoms. The molecule has 0 aliphatic rings. The van der Waals surface area contributed by atoms with Crippen LogP contribution in [0, 0.1) is 0 Å². The number of benzene rings is 1. The van der Waals surface area contributed by atoms with Gasteiger partial charge < -0.3 is 16.8 Å². The largest absolute Gasteiger partial charge is 0.370 e. The van der Waals surface area contributed by atoms with Crippen LogP contribution in [0.25, 0.3) is 0 Å². The normalized spacial score (nSPS) is 13.2. The number of nitrogens with two attached hydrogens (primary N) is 2. The van der Waals surface area contributed by atoms with E-state index >= 15 is 0 Å². The Hall–Kier alpha value is -2.04. The number of primary amides is 1. The minimum Gasteiger partial charge on any atom is -0.370 e. The molecule has 0 aliphatic carbocycles. The summed E-state index contributed by atoms with van der Waals surface area (Å²) < 4.78 is 0. The summed E-state index contributed by atoms with van der Waals surface area (Å²) in [6.45, 7) is 1.78. The molecule has 0 fully saturated rings. The molecule has 0 aromatic heterocycles. The number of nitrogens with zero attached hydrogens (tertiary/aromatic N) is 1. The molecule has 0 bridgehead atoms. The van der Waals surface area contributed by atoms with E-state index in [2.05, 4.69) is 10.3 Å². The fourth-order valence-electron chi connectivity index (χ4n) is 1.28. The molecule has 86 valence electrons. The van der Waals surface area contributed by atoms with E-state index < -0.39 is 0 Å². The van der Waals surface area contributed by atoms with Crippen molar-refractivity contribution in [2.24, 2.45) is 16.5 Å². The highest BCUT2D eigenvalue weighted by Crippen LogP contribution is 2.04. The van der Waals surface area contributed by atoms with Crippen LogP contribution in [0.4, 0.5) is 5.69 Å². The van der Waals surface area contributed by atoms with Crippen molar-refractivity contribution in [1.29, 1.82) is 0 Å². The number of guanidine groups is 1. The van der Waals surface area contributed by atoms with Gasteiger partial charge >= 0.3 is 0 Å². The van der Waals surface area contributed by atoms with Crippen LogP contribution < -0.4 is 16.8 Å². The van der Waals surface area contributed by atoms with Crippen molar-refractivity contribution in [3.05, 3.63) is 30.3 Å². The lowest BCUT2D eigenvalue weighted by molar-refractivity contribution is -0.118. The monoisotopic (exact) mass is 220 g/mol. The van der Waals surface area contributed by atoms with E-state index in [-0.39, 0.29) is 24.3 Å². The summed E-state index contributed by atoms with van der Waals surface area (Å²) in [5.74, 6) is -0.108. The number of anilines is 1. The number of carbonyl (C=O) groups excluding carboxylic acids is 1. The fourth-order valence-corrected chi connectivity index (χ4v) is 1.28. The molecule has 16 heavy (non-hydrogen) atoms. The van der Waals surface area contributed by atoms with Gasteiger partial charge in [-0.15, -0.1) is 0 Å². The fraction of sp³-hybridized carbons (Fsp3) is 0.273. The maximum absolute atomic E-state index is 10.6. The first-order valence-corrected chi connectivity index (χ1v) is 5.01. The highest BCUT2D eigenvalue weighted by atomic mass is 16.1. The lowest BCUT2D eigenvalue weighted by atomic mass is 10.2. The topological polar surface area (TPSA) is 93.5 Å². The molecule has 1 aromatic rings. The average molecular weight is 220 g/mol. The van der Waals surface area contributed by atoms with Crippen LogP contribution in [0.3, 0.4) is 0 Å². The molecule has 1 rings (SSSR count). The van der Waals surface area contributed by atoms with Crippen molar-refractivity contribution in [3.8, 4) is 0 Å². The molecule has 0 saturated carbocycles. The van der Waals surface area contributed by atoms with Crippen LogP contribution in [0.2, 0.25) is 0 Å². The number of amides is 1. The van der Waals surface area contributed by atoms with Crippen LogP contribution >= 0.6 is 0 Å². The Labute approximate surface area is 94.5 Å². The first-order chi connectivity index (χ1) is 7.58. The molecule has 5 heteroatoms. The van der Waals surface area contributed by atoms with Crippen molar-refractivity contribution in [2.45, 2.75) is 19.4 Å². The summed E-state index contributed by atoms with van der Waals surface area (Å²) in [4.78, 5) is 14.7. The minimum absolute atomic E-state index is 0.192. The highest BCUT2D eigenvalue weighted by Gasteiger charge is 2.04. The Balaban J connectivity index is 2.54.